The van der Waals surface area contributed by atoms with Crippen LogP contribution in [-0.4, -0.2) is 89.1 Å². The van der Waals surface area contributed by atoms with Crippen LogP contribution in [0.5, 0.6) is 0 Å². The van der Waals surface area contributed by atoms with E-state index in [9.17, 15) is 9.59 Å². The summed E-state index contributed by atoms with van der Waals surface area (Å²) in [6, 6.07) is 6.63. The van der Waals surface area contributed by atoms with E-state index in [4.69, 9.17) is 21.0 Å². The van der Waals surface area contributed by atoms with Crippen LogP contribution in [0.25, 0.3) is 38.8 Å². The Morgan fingerprint density at radius 1 is 1.11 bits per heavy atom. The van der Waals surface area contributed by atoms with Gasteiger partial charge in [-0.05, 0) is 89.2 Å². The Morgan fingerprint density at radius 2 is 1.87 bits per heavy atom. The van der Waals surface area contributed by atoms with Crippen LogP contribution in [0.1, 0.15) is 49.9 Å². The van der Waals surface area contributed by atoms with Gasteiger partial charge in [0.2, 0.25) is 5.91 Å². The van der Waals surface area contributed by atoms with Gasteiger partial charge >= 0.3 is 5.76 Å². The van der Waals surface area contributed by atoms with E-state index in [-0.39, 0.29) is 51.2 Å². The lowest BCUT2D eigenvalue weighted by molar-refractivity contribution is -0.128. The SMILES string of the molecule is C=CC(=O)N1CC2CN(CCCN(C)C)c3c(c4cc(Cl)c(-c5c(C)ccc6[nH]c(=O)oc56)c(F)c4n(-c4c(C)ccnc4C(C)C)c3=O)N2CC1C. The molecule has 1 fully saturated rings. The minimum atomic E-state index is -0.723. The molecule has 0 radical (unpaired) electrons. The third-order valence-electron chi connectivity index (χ3n) is 10.6. The van der Waals surface area contributed by atoms with E-state index in [0.29, 0.717) is 71.0 Å². The number of benzene rings is 2. The number of aryl methyl sites for hydroxylation is 2. The highest BCUT2D eigenvalue weighted by molar-refractivity contribution is 6.35. The fraction of sp³-hybridized carbons (Fsp3) is 0.400. The average molecular weight is 742 g/mol. The molecule has 2 unspecified atom stereocenters. The number of aromatic nitrogens is 3. The summed E-state index contributed by atoms with van der Waals surface area (Å²) < 4.78 is 25.2. The third kappa shape index (κ3) is 6.01. The number of nitrogens with zero attached hydrogens (tertiary/aromatic N) is 6. The molecule has 0 aliphatic carbocycles. The molecule has 7 rings (SSSR count). The van der Waals surface area contributed by atoms with Crippen molar-refractivity contribution in [1.82, 2.24) is 24.3 Å². The van der Waals surface area contributed by atoms with Crippen LogP contribution < -0.4 is 21.1 Å². The standard InChI is InChI=1S/C40H45ClFN7O4/c1-9-29(50)47-20-25-19-46(16-10-15-45(7)8)37-36(48(25)18-24(47)6)26-17-27(41)31(30-22(4)11-12-28-38(30)53-40(52)44-28)32(42)35(26)49(39(37)51)34-23(5)13-14-43-33(34)21(2)3/h9,11-14,17,21,24-25H,1,10,15-16,18-20H2,2-8H3,(H,44,52). The van der Waals surface area contributed by atoms with Crippen molar-refractivity contribution < 1.29 is 13.6 Å². The molecule has 0 spiro atoms. The molecule has 1 N–H and O–H groups in total. The Balaban J connectivity index is 1.63. The van der Waals surface area contributed by atoms with Crippen molar-refractivity contribution in [3.63, 3.8) is 0 Å². The Kier molecular flexibility index (Phi) is 9.48. The molecule has 0 saturated carbocycles. The summed E-state index contributed by atoms with van der Waals surface area (Å²) in [6.45, 7) is 16.1. The van der Waals surface area contributed by atoms with Crippen molar-refractivity contribution in [1.29, 1.82) is 0 Å². The number of carbonyl (C=O) groups excluding carboxylic acids is 1. The highest BCUT2D eigenvalue weighted by Crippen LogP contribution is 2.47. The van der Waals surface area contributed by atoms with Gasteiger partial charge in [0.05, 0.1) is 39.2 Å². The first-order valence-electron chi connectivity index (χ1n) is 18.0. The van der Waals surface area contributed by atoms with Gasteiger partial charge < -0.3 is 24.0 Å². The number of rotatable bonds is 8. The lowest BCUT2D eigenvalue weighted by atomic mass is 9.94. The fourth-order valence-electron chi connectivity index (χ4n) is 8.19. The fourth-order valence-corrected chi connectivity index (χ4v) is 8.48. The van der Waals surface area contributed by atoms with Crippen LogP contribution in [-0.2, 0) is 4.79 Å². The molecule has 13 heteroatoms. The summed E-state index contributed by atoms with van der Waals surface area (Å²) in [7, 11) is 4.02. The van der Waals surface area contributed by atoms with Crippen LogP contribution >= 0.6 is 11.6 Å². The van der Waals surface area contributed by atoms with Gasteiger partial charge in [0, 0.05) is 54.9 Å². The highest BCUT2D eigenvalue weighted by atomic mass is 35.5. The Bertz CT molecular complexity index is 2410. The number of H-pyrrole nitrogens is 1. The Hall–Kier alpha value is -4.94. The lowest BCUT2D eigenvalue weighted by Crippen LogP contribution is -2.64. The summed E-state index contributed by atoms with van der Waals surface area (Å²) in [5.41, 5.74) is 4.20. The van der Waals surface area contributed by atoms with Gasteiger partial charge in [0.15, 0.2) is 11.4 Å². The minimum absolute atomic E-state index is 0.0238. The molecular formula is C40H45ClFN7O4. The number of hydrogen-bond donors (Lipinski definition) is 1. The number of hydrogen-bond acceptors (Lipinski definition) is 8. The smallest absolute Gasteiger partial charge is 0.407 e. The van der Waals surface area contributed by atoms with Crippen molar-refractivity contribution in [3.8, 4) is 16.8 Å². The van der Waals surface area contributed by atoms with E-state index >= 15 is 9.18 Å². The van der Waals surface area contributed by atoms with Crippen molar-refractivity contribution in [2.24, 2.45) is 0 Å². The van der Waals surface area contributed by atoms with Crippen molar-refractivity contribution in [2.45, 2.75) is 59.0 Å². The molecule has 1 saturated heterocycles. The predicted octanol–water partition coefficient (Wildman–Crippen LogP) is 6.38. The number of amides is 1. The van der Waals surface area contributed by atoms with Crippen LogP contribution in [0.4, 0.5) is 15.8 Å². The Labute approximate surface area is 312 Å². The van der Waals surface area contributed by atoms with E-state index in [1.165, 1.54) is 10.6 Å². The zero-order valence-electron chi connectivity index (χ0n) is 31.2. The number of pyridine rings is 2. The first-order chi connectivity index (χ1) is 25.2. The molecule has 11 nitrogen and oxygen atoms in total. The quantitative estimate of drug-likeness (QED) is 0.183. The third-order valence-corrected chi connectivity index (χ3v) is 10.9. The monoisotopic (exact) mass is 741 g/mol. The second-order valence-corrected chi connectivity index (χ2v) is 15.3. The number of fused-ring (bicyclic) bond motifs is 6. The number of nitrogens with one attached hydrogen (secondary N) is 1. The maximum absolute atomic E-state index is 18.1. The average Bonchev–Trinajstić information content (AvgIpc) is 3.49. The maximum Gasteiger partial charge on any atom is 0.417 e. The predicted molar refractivity (Wildman–Crippen MR) is 210 cm³/mol. The number of anilines is 2. The van der Waals surface area contributed by atoms with Gasteiger partial charge in [-0.2, -0.15) is 0 Å². The van der Waals surface area contributed by atoms with E-state index in [2.05, 4.69) is 26.3 Å². The summed E-state index contributed by atoms with van der Waals surface area (Å²) in [6.07, 6.45) is 3.81. The number of carbonyl (C=O) groups is 1. The first kappa shape index (κ1) is 36.4. The summed E-state index contributed by atoms with van der Waals surface area (Å²) in [5, 5.41) is 0.561. The van der Waals surface area contributed by atoms with E-state index in [0.717, 1.165) is 18.5 Å². The van der Waals surface area contributed by atoms with Crippen LogP contribution in [0.3, 0.4) is 0 Å². The minimum Gasteiger partial charge on any atom is -0.407 e. The van der Waals surface area contributed by atoms with Gasteiger partial charge in [-0.3, -0.25) is 24.1 Å². The zero-order valence-corrected chi connectivity index (χ0v) is 32.0. The van der Waals surface area contributed by atoms with Gasteiger partial charge in [-0.15, -0.1) is 0 Å². The first-order valence-corrected chi connectivity index (χ1v) is 18.4. The maximum atomic E-state index is 18.1. The molecule has 53 heavy (non-hydrogen) atoms. The van der Waals surface area contributed by atoms with Crippen LogP contribution in [0.2, 0.25) is 5.02 Å². The van der Waals surface area contributed by atoms with Crippen molar-refractivity contribution in [2.75, 3.05) is 56.6 Å². The van der Waals surface area contributed by atoms with E-state index in [1.54, 1.807) is 31.3 Å². The summed E-state index contributed by atoms with van der Waals surface area (Å²) in [5.74, 6) is -1.65. The topological polar surface area (TPSA) is 111 Å². The van der Waals surface area contributed by atoms with Gasteiger partial charge in [-0.25, -0.2) is 9.18 Å². The van der Waals surface area contributed by atoms with Gasteiger partial charge in [0.1, 0.15) is 5.69 Å². The number of halogens is 2. The number of aromatic amines is 1. The van der Waals surface area contributed by atoms with Crippen LogP contribution in [0.15, 0.2) is 57.1 Å². The van der Waals surface area contributed by atoms with E-state index in [1.807, 2.05) is 52.8 Å². The number of oxazole rings is 1. The second kappa shape index (κ2) is 13.8. The van der Waals surface area contributed by atoms with Crippen molar-refractivity contribution in [3.05, 3.63) is 91.7 Å². The Morgan fingerprint density at radius 3 is 2.57 bits per heavy atom. The molecule has 1 amide bonds. The van der Waals surface area contributed by atoms with Gasteiger partial charge in [0.25, 0.3) is 5.56 Å². The lowest BCUT2D eigenvalue weighted by Gasteiger charge is -2.52. The molecule has 5 heterocycles. The van der Waals surface area contributed by atoms with Crippen molar-refractivity contribution >= 4 is 50.9 Å². The zero-order chi connectivity index (χ0) is 38.0. The molecule has 5 aromatic rings. The molecule has 2 atom stereocenters. The summed E-state index contributed by atoms with van der Waals surface area (Å²) in [4.78, 5) is 56.5. The highest BCUT2D eigenvalue weighted by Gasteiger charge is 2.42. The molecule has 2 aromatic carbocycles. The van der Waals surface area contributed by atoms with E-state index < -0.39 is 11.6 Å². The molecule has 3 aromatic heterocycles. The molecular weight excluding hydrogens is 697 g/mol. The summed E-state index contributed by atoms with van der Waals surface area (Å²) >= 11 is 7.19. The molecule has 278 valence electrons. The molecule has 2 aliphatic rings. The molecule has 2 aliphatic heterocycles. The van der Waals surface area contributed by atoms with Gasteiger partial charge in [-0.1, -0.05) is 38.1 Å². The van der Waals surface area contributed by atoms with Crippen LogP contribution in [0, 0.1) is 19.7 Å². The second-order valence-electron chi connectivity index (χ2n) is 14.9. The normalized spacial score (nSPS) is 17.3. The number of piperazine rings is 1. The molecule has 0 bridgehead atoms. The largest absolute Gasteiger partial charge is 0.417 e.